The van der Waals surface area contributed by atoms with E-state index in [-0.39, 0.29) is 24.4 Å². The molecule has 0 bridgehead atoms. The average molecular weight is 350 g/mol. The van der Waals surface area contributed by atoms with Crippen LogP contribution < -0.4 is 9.84 Å². The highest BCUT2D eigenvalue weighted by molar-refractivity contribution is 5.97. The first-order chi connectivity index (χ1) is 12.5. The zero-order chi connectivity index (χ0) is 18.9. The third-order valence-electron chi connectivity index (χ3n) is 3.38. The topological polar surface area (TPSA) is 99.5 Å². The molecular formula is C20H16NO5-. The first kappa shape index (κ1) is 18.7. The highest BCUT2D eigenvalue weighted by atomic mass is 16.5. The van der Waals surface area contributed by atoms with Gasteiger partial charge in [0.2, 0.25) is 0 Å². The van der Waals surface area contributed by atoms with Crippen molar-refractivity contribution in [2.75, 3.05) is 6.61 Å². The molecule has 2 aromatic rings. The fourth-order valence-corrected chi connectivity index (χ4v) is 2.13. The van der Waals surface area contributed by atoms with E-state index in [0.29, 0.717) is 16.9 Å². The van der Waals surface area contributed by atoms with Crippen LogP contribution in [0.1, 0.15) is 28.4 Å². The Morgan fingerprint density at radius 3 is 2.54 bits per heavy atom. The molecule has 0 aliphatic heterocycles. The molecule has 0 radical (unpaired) electrons. The molecule has 6 heteroatoms. The van der Waals surface area contributed by atoms with Crippen LogP contribution in [-0.2, 0) is 16.1 Å². The van der Waals surface area contributed by atoms with Crippen molar-refractivity contribution in [1.29, 1.82) is 5.26 Å². The lowest BCUT2D eigenvalue weighted by Crippen LogP contribution is -2.22. The van der Waals surface area contributed by atoms with E-state index < -0.39 is 11.9 Å². The molecule has 0 aliphatic rings. The number of carboxylic acid groups (broad SMARTS) is 1. The van der Waals surface area contributed by atoms with Gasteiger partial charge in [0, 0.05) is 0 Å². The number of nitrogens with zero attached hydrogens (tertiary/aromatic N) is 1. The Balaban J connectivity index is 2.03. The number of hydrogen-bond acceptors (Lipinski definition) is 6. The third kappa shape index (κ3) is 5.21. The Labute approximate surface area is 150 Å². The third-order valence-corrected chi connectivity index (χ3v) is 3.38. The van der Waals surface area contributed by atoms with E-state index >= 15 is 0 Å². The molecule has 26 heavy (non-hydrogen) atoms. The number of aromatic carboxylic acids is 1. The summed E-state index contributed by atoms with van der Waals surface area (Å²) >= 11 is 0. The minimum absolute atomic E-state index is 0.0837. The SMILES string of the molecule is CCOC(=O)/C(C#N)=C/c1ccc(OCc2cccc(C(=O)[O-])c2)cc1. The van der Waals surface area contributed by atoms with Crippen LogP contribution in [0.15, 0.2) is 54.1 Å². The van der Waals surface area contributed by atoms with Gasteiger partial charge in [0.1, 0.15) is 24.0 Å². The molecule has 2 aromatic carbocycles. The number of carbonyl (C=O) groups is 2. The maximum Gasteiger partial charge on any atom is 0.348 e. The molecule has 0 fully saturated rings. The zero-order valence-electron chi connectivity index (χ0n) is 14.1. The summed E-state index contributed by atoms with van der Waals surface area (Å²) in [6.45, 7) is 2.06. The van der Waals surface area contributed by atoms with E-state index in [1.807, 2.05) is 6.07 Å². The molecule has 6 nitrogen and oxygen atoms in total. The Morgan fingerprint density at radius 1 is 1.19 bits per heavy atom. The molecular weight excluding hydrogens is 334 g/mol. The fourth-order valence-electron chi connectivity index (χ4n) is 2.13. The molecule has 0 atom stereocenters. The van der Waals surface area contributed by atoms with Crippen molar-refractivity contribution in [3.05, 3.63) is 70.8 Å². The molecule has 0 N–H and O–H groups in total. The minimum atomic E-state index is -1.24. The van der Waals surface area contributed by atoms with Crippen molar-refractivity contribution >= 4 is 18.0 Å². The van der Waals surface area contributed by atoms with Gasteiger partial charge in [-0.15, -0.1) is 0 Å². The first-order valence-electron chi connectivity index (χ1n) is 7.85. The standard InChI is InChI=1S/C20H17NO5/c1-2-25-20(24)17(12-21)10-14-6-8-18(9-7-14)26-13-15-4-3-5-16(11-15)19(22)23/h3-11H,2,13H2,1H3,(H,22,23)/p-1/b17-10+. The van der Waals surface area contributed by atoms with Crippen LogP contribution in [0.4, 0.5) is 0 Å². The van der Waals surface area contributed by atoms with Crippen LogP contribution in [-0.4, -0.2) is 18.5 Å². The van der Waals surface area contributed by atoms with Crippen molar-refractivity contribution in [3.63, 3.8) is 0 Å². The highest BCUT2D eigenvalue weighted by Gasteiger charge is 2.09. The number of hydrogen-bond donors (Lipinski definition) is 0. The van der Waals surface area contributed by atoms with Crippen LogP contribution in [0.25, 0.3) is 6.08 Å². The van der Waals surface area contributed by atoms with Crippen LogP contribution in [0.2, 0.25) is 0 Å². The van der Waals surface area contributed by atoms with Gasteiger partial charge in [-0.1, -0.05) is 30.3 Å². The molecule has 2 rings (SSSR count). The van der Waals surface area contributed by atoms with Crippen molar-refractivity contribution in [3.8, 4) is 11.8 Å². The Kier molecular flexibility index (Phi) is 6.52. The predicted molar refractivity (Wildman–Crippen MR) is 91.8 cm³/mol. The second-order valence-corrected chi connectivity index (χ2v) is 5.24. The van der Waals surface area contributed by atoms with Gasteiger partial charge in [-0.25, -0.2) is 4.79 Å². The predicted octanol–water partition coefficient (Wildman–Crippen LogP) is 2.10. The Hall–Kier alpha value is -3.59. The number of benzene rings is 2. The van der Waals surface area contributed by atoms with Crippen molar-refractivity contribution < 1.29 is 24.2 Å². The van der Waals surface area contributed by atoms with Gasteiger partial charge < -0.3 is 19.4 Å². The summed E-state index contributed by atoms with van der Waals surface area (Å²) in [6.07, 6.45) is 1.44. The van der Waals surface area contributed by atoms with Gasteiger partial charge >= 0.3 is 5.97 Å². The largest absolute Gasteiger partial charge is 0.545 e. The smallest absolute Gasteiger partial charge is 0.348 e. The van der Waals surface area contributed by atoms with Crippen LogP contribution >= 0.6 is 0 Å². The second kappa shape index (κ2) is 9.04. The maximum absolute atomic E-state index is 11.6. The molecule has 0 heterocycles. The summed E-state index contributed by atoms with van der Waals surface area (Å²) in [6, 6.07) is 14.9. The fraction of sp³-hybridized carbons (Fsp3) is 0.150. The second-order valence-electron chi connectivity index (χ2n) is 5.24. The number of carboxylic acids is 1. The quantitative estimate of drug-likeness (QED) is 0.431. The summed E-state index contributed by atoms with van der Waals surface area (Å²) in [4.78, 5) is 22.4. The lowest BCUT2D eigenvalue weighted by molar-refractivity contribution is -0.255. The zero-order valence-corrected chi connectivity index (χ0v) is 14.1. The Morgan fingerprint density at radius 2 is 1.92 bits per heavy atom. The number of esters is 1. The van der Waals surface area contributed by atoms with Gasteiger partial charge in [-0.3, -0.25) is 0 Å². The van der Waals surface area contributed by atoms with Gasteiger partial charge in [0.15, 0.2) is 0 Å². The maximum atomic E-state index is 11.6. The van der Waals surface area contributed by atoms with Gasteiger partial charge in [-0.05, 0) is 47.9 Å². The molecule has 132 valence electrons. The van der Waals surface area contributed by atoms with Crippen LogP contribution in [0.3, 0.4) is 0 Å². The number of rotatable bonds is 7. The normalized spacial score (nSPS) is 10.7. The summed E-state index contributed by atoms with van der Waals surface area (Å²) in [7, 11) is 0. The van der Waals surface area contributed by atoms with Crippen molar-refractivity contribution in [2.45, 2.75) is 13.5 Å². The lowest BCUT2D eigenvalue weighted by atomic mass is 10.1. The van der Waals surface area contributed by atoms with E-state index in [0.717, 1.165) is 0 Å². The summed E-state index contributed by atoms with van der Waals surface area (Å²) < 4.78 is 10.4. The van der Waals surface area contributed by atoms with E-state index in [1.165, 1.54) is 18.2 Å². The molecule has 0 aliphatic carbocycles. The molecule has 0 saturated heterocycles. The van der Waals surface area contributed by atoms with Crippen molar-refractivity contribution in [2.24, 2.45) is 0 Å². The monoisotopic (exact) mass is 350 g/mol. The first-order valence-corrected chi connectivity index (χ1v) is 7.85. The van der Waals surface area contributed by atoms with Crippen LogP contribution in [0, 0.1) is 11.3 Å². The molecule has 0 saturated carbocycles. The summed E-state index contributed by atoms with van der Waals surface area (Å²) in [5, 5.41) is 19.9. The van der Waals surface area contributed by atoms with E-state index in [2.05, 4.69) is 0 Å². The van der Waals surface area contributed by atoms with E-state index in [9.17, 15) is 14.7 Å². The number of nitriles is 1. The van der Waals surface area contributed by atoms with E-state index in [1.54, 1.807) is 43.3 Å². The van der Waals surface area contributed by atoms with Gasteiger partial charge in [-0.2, -0.15) is 5.26 Å². The summed E-state index contributed by atoms with van der Waals surface area (Å²) in [5.41, 5.74) is 1.36. The highest BCUT2D eigenvalue weighted by Crippen LogP contribution is 2.17. The molecule has 0 aromatic heterocycles. The molecule has 0 unspecified atom stereocenters. The van der Waals surface area contributed by atoms with Crippen molar-refractivity contribution in [1.82, 2.24) is 0 Å². The number of carbonyl (C=O) groups excluding carboxylic acids is 2. The van der Waals surface area contributed by atoms with Crippen LogP contribution in [0.5, 0.6) is 5.75 Å². The Bertz CT molecular complexity index is 863. The lowest BCUT2D eigenvalue weighted by Gasteiger charge is -2.09. The minimum Gasteiger partial charge on any atom is -0.545 e. The van der Waals surface area contributed by atoms with Gasteiger partial charge in [0.25, 0.3) is 0 Å². The van der Waals surface area contributed by atoms with Gasteiger partial charge in [0.05, 0.1) is 12.6 Å². The average Bonchev–Trinajstić information content (AvgIpc) is 2.65. The van der Waals surface area contributed by atoms with E-state index in [4.69, 9.17) is 14.7 Å². The molecule has 0 amide bonds. The number of ether oxygens (including phenoxy) is 2. The summed E-state index contributed by atoms with van der Waals surface area (Å²) in [5.74, 6) is -1.34. The molecule has 0 spiro atoms.